The summed E-state index contributed by atoms with van der Waals surface area (Å²) in [4.78, 5) is 11.3. The molecule has 86 valence electrons. The summed E-state index contributed by atoms with van der Waals surface area (Å²) in [5.41, 5.74) is 0.725. The molecule has 0 aromatic heterocycles. The standard InChI is InChI=1S/C13H14BrFO/c14-11-5-4-10(13(15)8-11)6-9-2-1-3-12(16)7-9/h4-5,8-9H,1-3,6-7H2. The van der Waals surface area contributed by atoms with Gasteiger partial charge >= 0.3 is 0 Å². The molecule has 1 aromatic rings. The predicted octanol–water partition coefficient (Wildman–Crippen LogP) is 3.89. The lowest BCUT2D eigenvalue weighted by Crippen LogP contribution is -2.17. The highest BCUT2D eigenvalue weighted by atomic mass is 79.9. The van der Waals surface area contributed by atoms with E-state index in [1.807, 2.05) is 6.07 Å². The van der Waals surface area contributed by atoms with Crippen molar-refractivity contribution < 1.29 is 9.18 Å². The Labute approximate surface area is 103 Å². The molecule has 1 aromatic carbocycles. The van der Waals surface area contributed by atoms with Crippen LogP contribution in [0.2, 0.25) is 0 Å². The lowest BCUT2D eigenvalue weighted by molar-refractivity contribution is -0.121. The molecule has 2 rings (SSSR count). The Morgan fingerprint density at radius 2 is 2.25 bits per heavy atom. The highest BCUT2D eigenvalue weighted by molar-refractivity contribution is 9.10. The van der Waals surface area contributed by atoms with E-state index < -0.39 is 0 Å². The third-order valence-corrected chi connectivity index (χ3v) is 3.60. The average molecular weight is 285 g/mol. The van der Waals surface area contributed by atoms with Crippen molar-refractivity contribution in [2.24, 2.45) is 5.92 Å². The molecule has 0 bridgehead atoms. The fraction of sp³-hybridized carbons (Fsp3) is 0.462. The van der Waals surface area contributed by atoms with Crippen molar-refractivity contribution in [2.45, 2.75) is 32.1 Å². The van der Waals surface area contributed by atoms with Crippen molar-refractivity contribution in [1.82, 2.24) is 0 Å². The Bertz CT molecular complexity index is 403. The van der Waals surface area contributed by atoms with Crippen molar-refractivity contribution >= 4 is 21.7 Å². The van der Waals surface area contributed by atoms with Gasteiger partial charge in [-0.05, 0) is 42.9 Å². The predicted molar refractivity (Wildman–Crippen MR) is 64.8 cm³/mol. The number of hydrogen-bond donors (Lipinski definition) is 0. The topological polar surface area (TPSA) is 17.1 Å². The first kappa shape index (κ1) is 11.8. The van der Waals surface area contributed by atoms with Crippen molar-refractivity contribution in [1.29, 1.82) is 0 Å². The number of ketones is 1. The molecule has 1 atom stereocenters. The second-order valence-corrected chi connectivity index (χ2v) is 5.36. The normalized spacial score (nSPS) is 21.1. The number of halogens is 2. The van der Waals surface area contributed by atoms with Gasteiger partial charge < -0.3 is 0 Å². The molecule has 1 aliphatic rings. The number of rotatable bonds is 2. The lowest BCUT2D eigenvalue weighted by atomic mass is 9.84. The van der Waals surface area contributed by atoms with Crippen LogP contribution in [-0.2, 0) is 11.2 Å². The van der Waals surface area contributed by atoms with Crippen LogP contribution in [0.25, 0.3) is 0 Å². The zero-order chi connectivity index (χ0) is 11.5. The first-order chi connectivity index (χ1) is 7.65. The van der Waals surface area contributed by atoms with E-state index in [1.165, 1.54) is 6.07 Å². The minimum absolute atomic E-state index is 0.174. The summed E-state index contributed by atoms with van der Waals surface area (Å²) in [7, 11) is 0. The van der Waals surface area contributed by atoms with Crippen molar-refractivity contribution in [3.05, 3.63) is 34.1 Å². The first-order valence-electron chi connectivity index (χ1n) is 5.61. The molecule has 1 saturated carbocycles. The average Bonchev–Trinajstić information content (AvgIpc) is 2.22. The van der Waals surface area contributed by atoms with E-state index in [1.54, 1.807) is 6.07 Å². The van der Waals surface area contributed by atoms with E-state index in [2.05, 4.69) is 15.9 Å². The summed E-state index contributed by atoms with van der Waals surface area (Å²) in [5.74, 6) is 0.484. The van der Waals surface area contributed by atoms with Gasteiger partial charge in [-0.15, -0.1) is 0 Å². The molecule has 1 nitrogen and oxygen atoms in total. The van der Waals surface area contributed by atoms with Crippen LogP contribution in [-0.4, -0.2) is 5.78 Å². The fourth-order valence-electron chi connectivity index (χ4n) is 2.29. The van der Waals surface area contributed by atoms with E-state index in [0.717, 1.165) is 22.9 Å². The van der Waals surface area contributed by atoms with Gasteiger partial charge in [0.15, 0.2) is 0 Å². The monoisotopic (exact) mass is 284 g/mol. The summed E-state index contributed by atoms with van der Waals surface area (Å²) in [5, 5.41) is 0. The third kappa shape index (κ3) is 2.91. The number of benzene rings is 1. The molecule has 0 N–H and O–H groups in total. The number of Topliss-reactive ketones (excluding diaryl/α,β-unsaturated/α-hetero) is 1. The summed E-state index contributed by atoms with van der Waals surface area (Å²) in [6.07, 6.45) is 4.02. The van der Waals surface area contributed by atoms with E-state index in [4.69, 9.17) is 0 Å². The Morgan fingerprint density at radius 3 is 2.94 bits per heavy atom. The Hall–Kier alpha value is -0.700. The maximum absolute atomic E-state index is 13.6. The van der Waals surface area contributed by atoms with Crippen LogP contribution in [0.15, 0.2) is 22.7 Å². The Morgan fingerprint density at radius 1 is 1.44 bits per heavy atom. The number of carbonyl (C=O) groups is 1. The zero-order valence-corrected chi connectivity index (χ0v) is 10.6. The summed E-state index contributed by atoms with van der Waals surface area (Å²) < 4.78 is 14.3. The summed E-state index contributed by atoms with van der Waals surface area (Å²) in [6, 6.07) is 5.14. The van der Waals surface area contributed by atoms with Crippen LogP contribution in [0.5, 0.6) is 0 Å². The van der Waals surface area contributed by atoms with Crippen LogP contribution < -0.4 is 0 Å². The number of carbonyl (C=O) groups excluding carboxylic acids is 1. The number of hydrogen-bond acceptors (Lipinski definition) is 1. The highest BCUT2D eigenvalue weighted by Crippen LogP contribution is 2.26. The van der Waals surface area contributed by atoms with Crippen LogP contribution >= 0.6 is 15.9 Å². The second kappa shape index (κ2) is 5.09. The maximum atomic E-state index is 13.6. The van der Waals surface area contributed by atoms with Crippen LogP contribution in [0, 0.1) is 11.7 Å². The van der Waals surface area contributed by atoms with E-state index in [9.17, 15) is 9.18 Å². The molecule has 1 unspecified atom stereocenters. The lowest BCUT2D eigenvalue weighted by Gasteiger charge is -2.20. The minimum atomic E-state index is -0.174. The molecule has 1 aliphatic carbocycles. The third-order valence-electron chi connectivity index (χ3n) is 3.11. The van der Waals surface area contributed by atoms with Crippen molar-refractivity contribution in [3.63, 3.8) is 0 Å². The van der Waals surface area contributed by atoms with Crippen LogP contribution in [0.4, 0.5) is 4.39 Å². The first-order valence-corrected chi connectivity index (χ1v) is 6.40. The van der Waals surface area contributed by atoms with E-state index >= 15 is 0 Å². The molecule has 1 fully saturated rings. The molecule has 0 aliphatic heterocycles. The Kier molecular flexibility index (Phi) is 3.74. The highest BCUT2D eigenvalue weighted by Gasteiger charge is 2.20. The van der Waals surface area contributed by atoms with Gasteiger partial charge in [0, 0.05) is 17.3 Å². The Balaban J connectivity index is 2.05. The van der Waals surface area contributed by atoms with Gasteiger partial charge in [0.25, 0.3) is 0 Å². The molecule has 0 radical (unpaired) electrons. The van der Waals surface area contributed by atoms with Crippen molar-refractivity contribution in [3.8, 4) is 0 Å². The molecule has 0 amide bonds. The molecule has 0 spiro atoms. The quantitative estimate of drug-likeness (QED) is 0.805. The fourth-order valence-corrected chi connectivity index (χ4v) is 2.62. The van der Waals surface area contributed by atoms with Crippen LogP contribution in [0.1, 0.15) is 31.2 Å². The molecule has 3 heteroatoms. The second-order valence-electron chi connectivity index (χ2n) is 4.44. The van der Waals surface area contributed by atoms with Gasteiger partial charge in [-0.2, -0.15) is 0 Å². The van der Waals surface area contributed by atoms with Gasteiger partial charge in [-0.25, -0.2) is 4.39 Å². The van der Waals surface area contributed by atoms with Gasteiger partial charge in [-0.3, -0.25) is 4.79 Å². The molecular formula is C13H14BrFO. The molecule has 16 heavy (non-hydrogen) atoms. The molecule has 0 saturated heterocycles. The molecular weight excluding hydrogens is 271 g/mol. The van der Waals surface area contributed by atoms with Gasteiger partial charge in [-0.1, -0.05) is 22.0 Å². The largest absolute Gasteiger partial charge is 0.300 e. The van der Waals surface area contributed by atoms with E-state index in [0.29, 0.717) is 31.0 Å². The minimum Gasteiger partial charge on any atom is -0.300 e. The smallest absolute Gasteiger partial charge is 0.133 e. The zero-order valence-electron chi connectivity index (χ0n) is 9.01. The molecule has 0 heterocycles. The maximum Gasteiger partial charge on any atom is 0.133 e. The van der Waals surface area contributed by atoms with Gasteiger partial charge in [0.1, 0.15) is 11.6 Å². The SMILES string of the molecule is O=C1CCCC(Cc2ccc(Br)cc2F)C1. The van der Waals surface area contributed by atoms with Crippen molar-refractivity contribution in [2.75, 3.05) is 0 Å². The summed E-state index contributed by atoms with van der Waals surface area (Å²) >= 11 is 3.24. The van der Waals surface area contributed by atoms with Gasteiger partial charge in [0.2, 0.25) is 0 Å². The van der Waals surface area contributed by atoms with E-state index in [-0.39, 0.29) is 5.82 Å². The summed E-state index contributed by atoms with van der Waals surface area (Å²) in [6.45, 7) is 0. The van der Waals surface area contributed by atoms with Crippen LogP contribution in [0.3, 0.4) is 0 Å². The van der Waals surface area contributed by atoms with Gasteiger partial charge in [0.05, 0.1) is 0 Å².